The molecule has 1 amide bonds. The maximum absolute atomic E-state index is 10.9. The van der Waals surface area contributed by atoms with Gasteiger partial charge < -0.3 is 4.84 Å². The molecule has 0 aromatic rings. The maximum Gasteiger partial charge on any atom is 0.330 e. The molecule has 0 bridgehead atoms. The number of thiocarbonyl (C=S) groups is 1. The molecular formula is C6H7NO3S. The second-order valence-corrected chi connectivity index (χ2v) is 2.64. The molecule has 0 N–H and O–H groups in total. The Labute approximate surface area is 69.1 Å². The van der Waals surface area contributed by atoms with Gasteiger partial charge in [0.05, 0.1) is 0 Å². The molecule has 0 aromatic heterocycles. The quantitative estimate of drug-likeness (QED) is 0.539. The Hall–Kier alpha value is -0.970. The highest BCUT2D eigenvalue weighted by atomic mass is 32.1. The van der Waals surface area contributed by atoms with Crippen LogP contribution in [0.25, 0.3) is 0 Å². The summed E-state index contributed by atoms with van der Waals surface area (Å²) in [6.45, 7) is 1.23. The van der Waals surface area contributed by atoms with Gasteiger partial charge in [-0.05, 0) is 0 Å². The standard InChI is InChI=1S/C6H7NO3S/c1-4(8)10-7-5(9)2-3-6(7)11/h2-3H2,1H3. The van der Waals surface area contributed by atoms with Gasteiger partial charge in [0, 0.05) is 19.8 Å². The lowest BCUT2D eigenvalue weighted by Gasteiger charge is -2.12. The summed E-state index contributed by atoms with van der Waals surface area (Å²) in [7, 11) is 0. The summed E-state index contributed by atoms with van der Waals surface area (Å²) in [5.74, 6) is -0.771. The van der Waals surface area contributed by atoms with E-state index in [1.807, 2.05) is 0 Å². The van der Waals surface area contributed by atoms with Gasteiger partial charge in [-0.3, -0.25) is 4.79 Å². The first kappa shape index (κ1) is 8.13. The summed E-state index contributed by atoms with van der Waals surface area (Å²) in [6, 6.07) is 0. The van der Waals surface area contributed by atoms with Crippen LogP contribution in [0.1, 0.15) is 19.8 Å². The van der Waals surface area contributed by atoms with Gasteiger partial charge in [0.25, 0.3) is 5.91 Å². The third-order valence-electron chi connectivity index (χ3n) is 1.23. The summed E-state index contributed by atoms with van der Waals surface area (Å²) in [4.78, 5) is 26.2. The van der Waals surface area contributed by atoms with E-state index in [9.17, 15) is 9.59 Å². The molecule has 0 saturated carbocycles. The number of hydrogen-bond acceptors (Lipinski definition) is 4. The minimum Gasteiger partial charge on any atom is -0.333 e. The Morgan fingerprint density at radius 2 is 2.27 bits per heavy atom. The van der Waals surface area contributed by atoms with E-state index in [1.165, 1.54) is 6.92 Å². The molecule has 4 nitrogen and oxygen atoms in total. The molecule has 0 radical (unpaired) electrons. The van der Waals surface area contributed by atoms with Crippen molar-refractivity contribution in [2.45, 2.75) is 19.8 Å². The van der Waals surface area contributed by atoms with E-state index in [4.69, 9.17) is 12.2 Å². The lowest BCUT2D eigenvalue weighted by atomic mass is 10.4. The van der Waals surface area contributed by atoms with E-state index in [-0.39, 0.29) is 5.91 Å². The fourth-order valence-electron chi connectivity index (χ4n) is 0.786. The topological polar surface area (TPSA) is 46.6 Å². The van der Waals surface area contributed by atoms with Crippen LogP contribution in [0, 0.1) is 0 Å². The minimum atomic E-state index is -0.525. The van der Waals surface area contributed by atoms with Crippen LogP contribution in [0.4, 0.5) is 0 Å². The van der Waals surface area contributed by atoms with Crippen molar-refractivity contribution in [1.82, 2.24) is 5.06 Å². The Balaban J connectivity index is 2.62. The number of nitrogens with zero attached hydrogens (tertiary/aromatic N) is 1. The number of hydrogen-bond donors (Lipinski definition) is 0. The second kappa shape index (κ2) is 2.96. The van der Waals surface area contributed by atoms with Gasteiger partial charge in [-0.15, -0.1) is 5.06 Å². The number of rotatable bonds is 1. The van der Waals surface area contributed by atoms with Crippen LogP contribution in [-0.4, -0.2) is 21.9 Å². The predicted octanol–water partition coefficient (Wildman–Crippen LogP) is 0.414. The normalized spacial score (nSPS) is 17.4. The molecule has 0 spiro atoms. The third kappa shape index (κ3) is 1.74. The van der Waals surface area contributed by atoms with Gasteiger partial charge in [-0.25, -0.2) is 4.79 Å². The lowest BCUT2D eigenvalue weighted by molar-refractivity contribution is -0.177. The summed E-state index contributed by atoms with van der Waals surface area (Å²) in [6.07, 6.45) is 0.841. The molecule has 0 aromatic carbocycles. The third-order valence-corrected chi connectivity index (χ3v) is 1.60. The fourth-order valence-corrected chi connectivity index (χ4v) is 1.03. The fraction of sp³-hybridized carbons (Fsp3) is 0.500. The van der Waals surface area contributed by atoms with Crippen molar-refractivity contribution in [3.05, 3.63) is 0 Å². The molecule has 0 unspecified atom stereocenters. The summed E-state index contributed by atoms with van der Waals surface area (Å²) in [5.41, 5.74) is 0. The van der Waals surface area contributed by atoms with Gasteiger partial charge in [-0.1, -0.05) is 12.2 Å². The van der Waals surface area contributed by atoms with Gasteiger partial charge in [0.15, 0.2) is 0 Å². The zero-order valence-corrected chi connectivity index (χ0v) is 6.81. The molecule has 1 saturated heterocycles. The first-order valence-electron chi connectivity index (χ1n) is 3.15. The van der Waals surface area contributed by atoms with Crippen molar-refractivity contribution in [2.75, 3.05) is 0 Å². The molecule has 0 aliphatic carbocycles. The number of carbonyl (C=O) groups is 2. The van der Waals surface area contributed by atoms with Gasteiger partial charge in [0.1, 0.15) is 4.99 Å². The Morgan fingerprint density at radius 1 is 1.64 bits per heavy atom. The zero-order chi connectivity index (χ0) is 8.43. The predicted molar refractivity (Wildman–Crippen MR) is 40.4 cm³/mol. The van der Waals surface area contributed by atoms with Crippen LogP contribution in [0.2, 0.25) is 0 Å². The Kier molecular flexibility index (Phi) is 2.19. The monoisotopic (exact) mass is 173 g/mol. The summed E-state index contributed by atoms with van der Waals surface area (Å²) >= 11 is 4.76. The first-order valence-corrected chi connectivity index (χ1v) is 3.56. The molecular weight excluding hydrogens is 166 g/mol. The largest absolute Gasteiger partial charge is 0.333 e. The van der Waals surface area contributed by atoms with Crippen molar-refractivity contribution in [2.24, 2.45) is 0 Å². The summed E-state index contributed by atoms with van der Waals surface area (Å²) < 4.78 is 0. The highest BCUT2D eigenvalue weighted by Crippen LogP contribution is 2.13. The summed E-state index contributed by atoms with van der Waals surface area (Å²) in [5, 5.41) is 0.887. The number of amides is 1. The second-order valence-electron chi connectivity index (χ2n) is 2.16. The average molecular weight is 173 g/mol. The van der Waals surface area contributed by atoms with E-state index < -0.39 is 5.97 Å². The van der Waals surface area contributed by atoms with Crippen LogP contribution in [-0.2, 0) is 14.4 Å². The van der Waals surface area contributed by atoms with Crippen LogP contribution < -0.4 is 0 Å². The number of carbonyl (C=O) groups excluding carboxylic acids is 2. The first-order chi connectivity index (χ1) is 5.11. The van der Waals surface area contributed by atoms with Crippen LogP contribution >= 0.6 is 12.2 Å². The Bertz CT molecular complexity index is 210. The van der Waals surface area contributed by atoms with Crippen molar-refractivity contribution < 1.29 is 14.4 Å². The zero-order valence-electron chi connectivity index (χ0n) is 5.99. The van der Waals surface area contributed by atoms with Crippen LogP contribution in [0.15, 0.2) is 0 Å². The van der Waals surface area contributed by atoms with Crippen molar-refractivity contribution in [3.8, 4) is 0 Å². The SMILES string of the molecule is CC(=O)ON1C(=O)CCC1=S. The minimum absolute atomic E-state index is 0.245. The molecule has 0 atom stereocenters. The molecule has 60 valence electrons. The van der Waals surface area contributed by atoms with E-state index in [2.05, 4.69) is 4.84 Å². The lowest BCUT2D eigenvalue weighted by Crippen LogP contribution is -2.30. The molecule has 1 heterocycles. The highest BCUT2D eigenvalue weighted by Gasteiger charge is 2.28. The van der Waals surface area contributed by atoms with Gasteiger partial charge in [0.2, 0.25) is 0 Å². The van der Waals surface area contributed by atoms with E-state index in [0.29, 0.717) is 17.8 Å². The van der Waals surface area contributed by atoms with Crippen LogP contribution in [0.3, 0.4) is 0 Å². The van der Waals surface area contributed by atoms with Crippen molar-refractivity contribution >= 4 is 29.1 Å². The van der Waals surface area contributed by atoms with Crippen molar-refractivity contribution in [3.63, 3.8) is 0 Å². The van der Waals surface area contributed by atoms with Crippen molar-refractivity contribution in [1.29, 1.82) is 0 Å². The number of hydroxylamine groups is 2. The van der Waals surface area contributed by atoms with Gasteiger partial charge >= 0.3 is 5.97 Å². The Morgan fingerprint density at radius 3 is 2.64 bits per heavy atom. The van der Waals surface area contributed by atoms with E-state index in [1.54, 1.807) is 0 Å². The van der Waals surface area contributed by atoms with Gasteiger partial charge in [-0.2, -0.15) is 0 Å². The highest BCUT2D eigenvalue weighted by molar-refractivity contribution is 7.80. The maximum atomic E-state index is 10.9. The average Bonchev–Trinajstić information content (AvgIpc) is 2.18. The molecule has 11 heavy (non-hydrogen) atoms. The van der Waals surface area contributed by atoms with E-state index >= 15 is 0 Å². The molecule has 1 rings (SSSR count). The molecule has 1 aliphatic rings. The smallest absolute Gasteiger partial charge is 0.330 e. The molecule has 5 heteroatoms. The van der Waals surface area contributed by atoms with E-state index in [0.717, 1.165) is 5.06 Å². The molecule has 1 fully saturated rings. The van der Waals surface area contributed by atoms with Crippen LogP contribution in [0.5, 0.6) is 0 Å². The molecule has 1 aliphatic heterocycles.